The Balaban J connectivity index is 1.79. The second kappa shape index (κ2) is 7.41. The monoisotopic (exact) mass is 348 g/mol. The summed E-state index contributed by atoms with van der Waals surface area (Å²) in [7, 11) is 1.61. The highest BCUT2D eigenvalue weighted by molar-refractivity contribution is 5.94. The van der Waals surface area contributed by atoms with Gasteiger partial charge in [-0.25, -0.2) is 0 Å². The van der Waals surface area contributed by atoms with Crippen LogP contribution >= 0.6 is 0 Å². The van der Waals surface area contributed by atoms with E-state index >= 15 is 0 Å². The molecule has 0 radical (unpaired) electrons. The van der Waals surface area contributed by atoms with Crippen LogP contribution in [0.1, 0.15) is 15.9 Å². The van der Waals surface area contributed by atoms with Crippen LogP contribution in [0.2, 0.25) is 0 Å². The highest BCUT2D eigenvalue weighted by Crippen LogP contribution is 2.23. The molecule has 2 fully saturated rings. The van der Waals surface area contributed by atoms with Crippen molar-refractivity contribution in [2.75, 3.05) is 46.5 Å². The second-order valence-electron chi connectivity index (χ2n) is 6.78. The quantitative estimate of drug-likeness (QED) is 0.869. The van der Waals surface area contributed by atoms with Gasteiger partial charge < -0.3 is 19.5 Å². The van der Waals surface area contributed by atoms with Gasteiger partial charge in [-0.2, -0.15) is 0 Å². The number of methoxy groups -OCH3 is 1. The van der Waals surface area contributed by atoms with Crippen LogP contribution in [0.15, 0.2) is 18.2 Å². The highest BCUT2D eigenvalue weighted by Gasteiger charge is 2.36. The number of benzene rings is 1. The molecule has 2 atom stereocenters. The Morgan fingerprint density at radius 3 is 2.76 bits per heavy atom. The molecular formula is C18H24N2O5. The maximum absolute atomic E-state index is 13.0. The molecule has 25 heavy (non-hydrogen) atoms. The lowest BCUT2D eigenvalue weighted by Crippen LogP contribution is -2.47. The van der Waals surface area contributed by atoms with Gasteiger partial charge in [0, 0.05) is 31.1 Å². The van der Waals surface area contributed by atoms with Gasteiger partial charge in [-0.1, -0.05) is 0 Å². The lowest BCUT2D eigenvalue weighted by molar-refractivity contribution is -0.139. The minimum Gasteiger partial charge on any atom is -0.496 e. The van der Waals surface area contributed by atoms with Gasteiger partial charge in [-0.05, 0) is 30.7 Å². The van der Waals surface area contributed by atoms with E-state index in [-0.39, 0.29) is 24.4 Å². The predicted octanol–water partition coefficient (Wildman–Crippen LogP) is 0.861. The fourth-order valence-corrected chi connectivity index (χ4v) is 3.66. The topological polar surface area (TPSA) is 79.3 Å². The molecular weight excluding hydrogens is 324 g/mol. The molecule has 1 amide bonds. The first kappa shape index (κ1) is 17.7. The molecule has 3 rings (SSSR count). The smallest absolute Gasteiger partial charge is 0.317 e. The van der Waals surface area contributed by atoms with Gasteiger partial charge >= 0.3 is 5.97 Å². The van der Waals surface area contributed by atoms with E-state index in [9.17, 15) is 9.59 Å². The van der Waals surface area contributed by atoms with Gasteiger partial charge in [-0.15, -0.1) is 0 Å². The van der Waals surface area contributed by atoms with Crippen LogP contribution in [0.25, 0.3) is 0 Å². The molecule has 0 spiro atoms. The van der Waals surface area contributed by atoms with Gasteiger partial charge in [0.25, 0.3) is 5.91 Å². The average Bonchev–Trinajstić information content (AvgIpc) is 2.83. The van der Waals surface area contributed by atoms with Crippen molar-refractivity contribution in [3.05, 3.63) is 29.3 Å². The number of ether oxygens (including phenoxy) is 2. The van der Waals surface area contributed by atoms with E-state index < -0.39 is 5.97 Å². The third-order valence-corrected chi connectivity index (χ3v) is 4.85. The summed E-state index contributed by atoms with van der Waals surface area (Å²) in [5.74, 6) is -0.00324. The van der Waals surface area contributed by atoms with E-state index in [1.165, 1.54) is 0 Å². The van der Waals surface area contributed by atoms with Crippen molar-refractivity contribution in [1.29, 1.82) is 0 Å². The summed E-state index contributed by atoms with van der Waals surface area (Å²) >= 11 is 0. The van der Waals surface area contributed by atoms with Crippen LogP contribution in [0.5, 0.6) is 5.75 Å². The summed E-state index contributed by atoms with van der Waals surface area (Å²) in [6.45, 7) is 4.60. The number of fused-ring (bicyclic) bond motifs is 3. The van der Waals surface area contributed by atoms with Gasteiger partial charge in [0.2, 0.25) is 0 Å². The van der Waals surface area contributed by atoms with Crippen LogP contribution in [-0.2, 0) is 9.53 Å². The van der Waals surface area contributed by atoms with Crippen molar-refractivity contribution >= 4 is 11.9 Å². The van der Waals surface area contributed by atoms with Crippen molar-refractivity contribution in [1.82, 2.24) is 9.80 Å². The Hall–Kier alpha value is -2.12. The van der Waals surface area contributed by atoms with Crippen LogP contribution in [0, 0.1) is 12.8 Å². The molecule has 2 aliphatic rings. The molecule has 7 nitrogen and oxygen atoms in total. The molecule has 0 aromatic heterocycles. The number of rotatable bonds is 4. The van der Waals surface area contributed by atoms with Crippen LogP contribution < -0.4 is 4.74 Å². The van der Waals surface area contributed by atoms with Crippen LogP contribution in [0.3, 0.4) is 0 Å². The summed E-state index contributed by atoms with van der Waals surface area (Å²) in [4.78, 5) is 27.9. The Labute approximate surface area is 147 Å². The normalized spacial score (nSPS) is 23.8. The summed E-state index contributed by atoms with van der Waals surface area (Å²) in [5.41, 5.74) is 1.54. The first-order chi connectivity index (χ1) is 12.0. The van der Waals surface area contributed by atoms with Gasteiger partial charge in [0.15, 0.2) is 0 Å². The number of carbonyl (C=O) groups excluding carboxylic acids is 1. The fraction of sp³-hybridized carbons (Fsp3) is 0.556. The molecule has 2 heterocycles. The molecule has 7 heteroatoms. The summed E-state index contributed by atoms with van der Waals surface area (Å²) in [6, 6.07) is 5.33. The SMILES string of the molecule is COc1ccc(C(=O)N2C[C@@H]3COC[C@H](C2)N(CC(=O)O)C3)cc1C. The standard InChI is InChI=1S/C18H24N2O5/c1-12-5-14(3-4-16(12)24-2)18(23)20-7-13-6-19(9-17(21)22)15(8-20)11-25-10-13/h3-5,13,15H,6-11H2,1-2H3,(H,21,22)/t13-,15+/m1/s1. The van der Waals surface area contributed by atoms with Crippen LogP contribution in [0.4, 0.5) is 0 Å². The third-order valence-electron chi connectivity index (χ3n) is 4.85. The lowest BCUT2D eigenvalue weighted by atomic mass is 10.1. The number of carboxylic acids is 1. The zero-order chi connectivity index (χ0) is 18.0. The van der Waals surface area contributed by atoms with E-state index in [1.54, 1.807) is 19.2 Å². The zero-order valence-electron chi connectivity index (χ0n) is 14.6. The first-order valence-electron chi connectivity index (χ1n) is 8.45. The van der Waals surface area contributed by atoms with Crippen molar-refractivity contribution in [2.24, 2.45) is 5.92 Å². The Morgan fingerprint density at radius 1 is 1.28 bits per heavy atom. The summed E-state index contributed by atoms with van der Waals surface area (Å²) in [6.07, 6.45) is 0. The minimum atomic E-state index is -0.851. The van der Waals surface area contributed by atoms with Crippen molar-refractivity contribution in [3.63, 3.8) is 0 Å². The van der Waals surface area contributed by atoms with Gasteiger partial charge in [0.05, 0.1) is 32.9 Å². The number of nitrogens with zero attached hydrogens (tertiary/aromatic N) is 2. The number of hydrogen-bond acceptors (Lipinski definition) is 5. The third kappa shape index (κ3) is 3.93. The Morgan fingerprint density at radius 2 is 2.08 bits per heavy atom. The number of aryl methyl sites for hydroxylation is 1. The molecule has 1 aromatic carbocycles. The molecule has 0 saturated carbocycles. The van der Waals surface area contributed by atoms with E-state index in [4.69, 9.17) is 14.6 Å². The number of aliphatic carboxylic acids is 1. The first-order valence-corrected chi connectivity index (χ1v) is 8.45. The van der Waals surface area contributed by atoms with Crippen molar-refractivity contribution in [3.8, 4) is 5.75 Å². The predicted molar refractivity (Wildman–Crippen MR) is 90.9 cm³/mol. The van der Waals surface area contributed by atoms with E-state index in [0.29, 0.717) is 38.4 Å². The molecule has 2 aliphatic heterocycles. The van der Waals surface area contributed by atoms with Crippen molar-refractivity contribution in [2.45, 2.75) is 13.0 Å². The molecule has 1 aromatic rings. The molecule has 2 bridgehead atoms. The maximum atomic E-state index is 13.0. The second-order valence-corrected chi connectivity index (χ2v) is 6.78. The number of carbonyl (C=O) groups is 2. The summed E-state index contributed by atoms with van der Waals surface area (Å²) in [5, 5.41) is 9.14. The molecule has 2 saturated heterocycles. The van der Waals surface area contributed by atoms with E-state index in [0.717, 1.165) is 11.3 Å². The van der Waals surface area contributed by atoms with Crippen molar-refractivity contribution < 1.29 is 24.2 Å². The molecule has 0 unspecified atom stereocenters. The maximum Gasteiger partial charge on any atom is 0.317 e. The van der Waals surface area contributed by atoms with Gasteiger partial charge in [0.1, 0.15) is 5.75 Å². The molecule has 0 aliphatic carbocycles. The summed E-state index contributed by atoms with van der Waals surface area (Å²) < 4.78 is 10.9. The highest BCUT2D eigenvalue weighted by atomic mass is 16.5. The molecule has 1 N–H and O–H groups in total. The van der Waals surface area contributed by atoms with Gasteiger partial charge in [-0.3, -0.25) is 14.5 Å². The fourth-order valence-electron chi connectivity index (χ4n) is 3.66. The molecule has 136 valence electrons. The largest absolute Gasteiger partial charge is 0.496 e. The number of hydrogen-bond donors (Lipinski definition) is 1. The lowest BCUT2D eigenvalue weighted by Gasteiger charge is -2.30. The number of amides is 1. The zero-order valence-corrected chi connectivity index (χ0v) is 14.6. The minimum absolute atomic E-state index is 0.0196. The Kier molecular flexibility index (Phi) is 5.24. The van der Waals surface area contributed by atoms with E-state index in [1.807, 2.05) is 22.8 Å². The average molecular weight is 348 g/mol. The Bertz CT molecular complexity index is 663. The van der Waals surface area contributed by atoms with E-state index in [2.05, 4.69) is 0 Å². The van der Waals surface area contributed by atoms with Crippen LogP contribution in [-0.4, -0.2) is 79.3 Å². The number of carboxylic acid groups (broad SMARTS) is 1.